The minimum atomic E-state index is -0.385. The second-order valence-corrected chi connectivity index (χ2v) is 6.13. The van der Waals surface area contributed by atoms with Crippen LogP contribution in [-0.4, -0.2) is 33.9 Å². The molecule has 0 radical (unpaired) electrons. The molecule has 144 valence electrons. The third-order valence-electron chi connectivity index (χ3n) is 4.12. The van der Waals surface area contributed by atoms with Gasteiger partial charge in [-0.3, -0.25) is 0 Å². The first kappa shape index (κ1) is 19.1. The number of carbonyl (C=O) groups is 2. The molecule has 0 aliphatic rings. The van der Waals surface area contributed by atoms with Gasteiger partial charge in [0.2, 0.25) is 0 Å². The van der Waals surface area contributed by atoms with Gasteiger partial charge in [-0.1, -0.05) is 36.4 Å². The standard InChI is InChI=1S/C20H21N5O3/c1-28-19(26)18-8-6-16(7-9-18)11-23-20(27)22-10-15-2-4-17(5-3-15)12-25-14-21-13-24-25/h2-9,13-14H,10-12H2,1H3,(H2,22,23,27). The van der Waals surface area contributed by atoms with Crippen LogP contribution in [0.5, 0.6) is 0 Å². The van der Waals surface area contributed by atoms with Crippen LogP contribution in [0.25, 0.3) is 0 Å². The minimum Gasteiger partial charge on any atom is -0.465 e. The lowest BCUT2D eigenvalue weighted by atomic mass is 10.1. The van der Waals surface area contributed by atoms with Crippen LogP contribution in [0.3, 0.4) is 0 Å². The zero-order valence-electron chi connectivity index (χ0n) is 15.5. The van der Waals surface area contributed by atoms with Crippen molar-refractivity contribution in [1.82, 2.24) is 25.4 Å². The summed E-state index contributed by atoms with van der Waals surface area (Å²) in [7, 11) is 1.34. The van der Waals surface area contributed by atoms with E-state index in [9.17, 15) is 9.59 Å². The van der Waals surface area contributed by atoms with Gasteiger partial charge in [-0.2, -0.15) is 5.10 Å². The highest BCUT2D eigenvalue weighted by Crippen LogP contribution is 2.07. The van der Waals surface area contributed by atoms with Gasteiger partial charge in [0.1, 0.15) is 12.7 Å². The minimum absolute atomic E-state index is 0.260. The summed E-state index contributed by atoms with van der Waals surface area (Å²) in [6.45, 7) is 1.45. The third-order valence-corrected chi connectivity index (χ3v) is 4.12. The number of nitrogens with zero attached hydrogens (tertiary/aromatic N) is 3. The molecule has 0 spiro atoms. The highest BCUT2D eigenvalue weighted by molar-refractivity contribution is 5.89. The quantitative estimate of drug-likeness (QED) is 0.613. The maximum absolute atomic E-state index is 12.0. The second-order valence-electron chi connectivity index (χ2n) is 6.13. The van der Waals surface area contributed by atoms with Crippen LogP contribution in [-0.2, 0) is 24.4 Å². The van der Waals surface area contributed by atoms with Crippen LogP contribution >= 0.6 is 0 Å². The highest BCUT2D eigenvalue weighted by Gasteiger charge is 2.05. The summed E-state index contributed by atoms with van der Waals surface area (Å²) >= 11 is 0. The van der Waals surface area contributed by atoms with Crippen molar-refractivity contribution >= 4 is 12.0 Å². The summed E-state index contributed by atoms with van der Waals surface area (Å²) in [6, 6.07) is 14.6. The lowest BCUT2D eigenvalue weighted by molar-refractivity contribution is 0.0600. The summed E-state index contributed by atoms with van der Waals surface area (Å²) in [5.41, 5.74) is 3.47. The van der Waals surface area contributed by atoms with Crippen molar-refractivity contribution in [2.75, 3.05) is 7.11 Å². The Labute approximate surface area is 162 Å². The van der Waals surface area contributed by atoms with Crippen molar-refractivity contribution < 1.29 is 14.3 Å². The summed E-state index contributed by atoms with van der Waals surface area (Å²) in [4.78, 5) is 27.3. The predicted octanol–water partition coefficient (Wildman–Crippen LogP) is 2.11. The molecule has 2 N–H and O–H groups in total. The molecule has 8 heteroatoms. The van der Waals surface area contributed by atoms with Crippen LogP contribution in [0.2, 0.25) is 0 Å². The van der Waals surface area contributed by atoms with E-state index in [0.717, 1.165) is 16.7 Å². The number of ether oxygens (including phenoxy) is 1. The Kier molecular flexibility index (Phi) is 6.35. The molecule has 0 fully saturated rings. The van der Waals surface area contributed by atoms with Gasteiger partial charge in [-0.05, 0) is 28.8 Å². The number of aromatic nitrogens is 3. The number of urea groups is 1. The number of esters is 1. The van der Waals surface area contributed by atoms with Gasteiger partial charge in [0.25, 0.3) is 0 Å². The molecule has 0 aliphatic carbocycles. The number of hydrogen-bond donors (Lipinski definition) is 2. The van der Waals surface area contributed by atoms with Gasteiger partial charge in [0.15, 0.2) is 0 Å². The van der Waals surface area contributed by atoms with Crippen LogP contribution in [0.15, 0.2) is 61.2 Å². The predicted molar refractivity (Wildman–Crippen MR) is 102 cm³/mol. The fraction of sp³-hybridized carbons (Fsp3) is 0.200. The lowest BCUT2D eigenvalue weighted by Gasteiger charge is -2.09. The Balaban J connectivity index is 1.42. The van der Waals surface area contributed by atoms with E-state index in [1.54, 1.807) is 35.3 Å². The fourth-order valence-corrected chi connectivity index (χ4v) is 2.57. The van der Waals surface area contributed by atoms with Crippen LogP contribution < -0.4 is 10.6 Å². The molecule has 8 nitrogen and oxygen atoms in total. The Morgan fingerprint density at radius 2 is 1.50 bits per heavy atom. The molecule has 2 aromatic carbocycles. The van der Waals surface area contributed by atoms with Gasteiger partial charge in [-0.25, -0.2) is 19.3 Å². The fourth-order valence-electron chi connectivity index (χ4n) is 2.57. The molecule has 1 heterocycles. The van der Waals surface area contributed by atoms with E-state index in [0.29, 0.717) is 25.2 Å². The number of amides is 2. The number of carbonyl (C=O) groups excluding carboxylic acids is 2. The monoisotopic (exact) mass is 379 g/mol. The second kappa shape index (κ2) is 9.31. The summed E-state index contributed by atoms with van der Waals surface area (Å²) in [5, 5.41) is 9.68. The number of hydrogen-bond acceptors (Lipinski definition) is 5. The smallest absolute Gasteiger partial charge is 0.337 e. The molecule has 0 saturated carbocycles. The zero-order chi connectivity index (χ0) is 19.8. The normalized spacial score (nSPS) is 10.3. The summed E-state index contributed by atoms with van der Waals surface area (Å²) in [6.07, 6.45) is 3.17. The van der Waals surface area contributed by atoms with Gasteiger partial charge in [-0.15, -0.1) is 0 Å². The molecular weight excluding hydrogens is 358 g/mol. The Morgan fingerprint density at radius 1 is 0.929 bits per heavy atom. The van der Waals surface area contributed by atoms with E-state index in [4.69, 9.17) is 0 Å². The third kappa shape index (κ3) is 5.41. The van der Waals surface area contributed by atoms with E-state index in [1.165, 1.54) is 13.4 Å². The molecule has 3 aromatic rings. The van der Waals surface area contributed by atoms with Crippen LogP contribution in [0, 0.1) is 0 Å². The molecule has 28 heavy (non-hydrogen) atoms. The van der Waals surface area contributed by atoms with E-state index >= 15 is 0 Å². The average Bonchev–Trinajstić information content (AvgIpc) is 3.24. The van der Waals surface area contributed by atoms with Crippen molar-refractivity contribution in [3.05, 3.63) is 83.4 Å². The Bertz CT molecular complexity index is 906. The van der Waals surface area contributed by atoms with Gasteiger partial charge in [0.05, 0.1) is 19.2 Å². The molecule has 2 amide bonds. The van der Waals surface area contributed by atoms with E-state index < -0.39 is 0 Å². The molecule has 0 unspecified atom stereocenters. The van der Waals surface area contributed by atoms with E-state index in [-0.39, 0.29) is 12.0 Å². The molecular formula is C20H21N5O3. The maximum Gasteiger partial charge on any atom is 0.337 e. The summed E-state index contributed by atoms with van der Waals surface area (Å²) < 4.78 is 6.40. The van der Waals surface area contributed by atoms with Crippen LogP contribution in [0.1, 0.15) is 27.0 Å². The number of methoxy groups -OCH3 is 1. The van der Waals surface area contributed by atoms with Crippen molar-refractivity contribution in [3.8, 4) is 0 Å². The molecule has 0 saturated heterocycles. The van der Waals surface area contributed by atoms with Crippen molar-refractivity contribution in [2.45, 2.75) is 19.6 Å². The largest absolute Gasteiger partial charge is 0.465 e. The highest BCUT2D eigenvalue weighted by atomic mass is 16.5. The number of benzene rings is 2. The van der Waals surface area contributed by atoms with Crippen molar-refractivity contribution in [3.63, 3.8) is 0 Å². The topological polar surface area (TPSA) is 98.1 Å². The van der Waals surface area contributed by atoms with E-state index in [2.05, 4.69) is 25.5 Å². The SMILES string of the molecule is COC(=O)c1ccc(CNC(=O)NCc2ccc(Cn3cncn3)cc2)cc1. The maximum atomic E-state index is 12.0. The number of nitrogens with one attached hydrogen (secondary N) is 2. The first-order valence-electron chi connectivity index (χ1n) is 8.73. The first-order chi connectivity index (χ1) is 13.6. The van der Waals surface area contributed by atoms with Gasteiger partial charge in [0, 0.05) is 13.1 Å². The van der Waals surface area contributed by atoms with Crippen molar-refractivity contribution in [1.29, 1.82) is 0 Å². The van der Waals surface area contributed by atoms with Crippen molar-refractivity contribution in [2.24, 2.45) is 0 Å². The van der Waals surface area contributed by atoms with Gasteiger partial charge >= 0.3 is 12.0 Å². The summed E-state index contributed by atoms with van der Waals surface area (Å²) in [5.74, 6) is -0.385. The first-order valence-corrected chi connectivity index (χ1v) is 8.73. The van der Waals surface area contributed by atoms with Crippen LogP contribution in [0.4, 0.5) is 4.79 Å². The zero-order valence-corrected chi connectivity index (χ0v) is 15.5. The van der Waals surface area contributed by atoms with Gasteiger partial charge < -0.3 is 15.4 Å². The lowest BCUT2D eigenvalue weighted by Crippen LogP contribution is -2.34. The average molecular weight is 379 g/mol. The molecule has 0 bridgehead atoms. The molecule has 0 atom stereocenters. The van der Waals surface area contributed by atoms with E-state index in [1.807, 2.05) is 24.3 Å². The molecule has 0 aliphatic heterocycles. The molecule has 3 rings (SSSR count). The molecule has 1 aromatic heterocycles. The number of rotatable bonds is 7. The Morgan fingerprint density at radius 3 is 2.04 bits per heavy atom. The Hall–Kier alpha value is -3.68.